The molecule has 28 heavy (non-hydrogen) atoms. The number of rotatable bonds is 9. The van der Waals surface area contributed by atoms with Crippen LogP contribution in [0.1, 0.15) is 24.5 Å². The topological polar surface area (TPSA) is 87.0 Å². The SMILES string of the molecule is COCc1cccc(CCC(C)CS(=O)(=O)c2nnnn2-c2ccccc2)c1. The van der Waals surface area contributed by atoms with Crippen molar-refractivity contribution in [2.75, 3.05) is 12.9 Å². The molecule has 0 aliphatic heterocycles. The van der Waals surface area contributed by atoms with E-state index in [4.69, 9.17) is 4.74 Å². The van der Waals surface area contributed by atoms with E-state index in [-0.39, 0.29) is 16.8 Å². The molecule has 0 saturated carbocycles. The second kappa shape index (κ2) is 9.07. The number of ether oxygens (including phenoxy) is 1. The molecule has 0 aliphatic carbocycles. The third kappa shape index (κ3) is 5.02. The second-order valence-electron chi connectivity index (χ2n) is 6.89. The number of hydrogen-bond donors (Lipinski definition) is 0. The predicted octanol–water partition coefficient (Wildman–Crippen LogP) is 2.85. The van der Waals surface area contributed by atoms with Gasteiger partial charge in [0.15, 0.2) is 0 Å². The van der Waals surface area contributed by atoms with Crippen molar-refractivity contribution in [3.8, 4) is 5.69 Å². The summed E-state index contributed by atoms with van der Waals surface area (Å²) >= 11 is 0. The summed E-state index contributed by atoms with van der Waals surface area (Å²) in [5.74, 6) is -0.0326. The Morgan fingerprint density at radius 2 is 1.82 bits per heavy atom. The van der Waals surface area contributed by atoms with E-state index in [0.29, 0.717) is 12.3 Å². The first-order valence-corrected chi connectivity index (χ1v) is 10.8. The van der Waals surface area contributed by atoms with Gasteiger partial charge < -0.3 is 4.74 Å². The van der Waals surface area contributed by atoms with Gasteiger partial charge in [-0.15, -0.1) is 0 Å². The van der Waals surface area contributed by atoms with Gasteiger partial charge >= 0.3 is 0 Å². The number of hydrogen-bond acceptors (Lipinski definition) is 6. The van der Waals surface area contributed by atoms with Crippen molar-refractivity contribution in [2.24, 2.45) is 5.92 Å². The number of para-hydroxylation sites is 1. The maximum absolute atomic E-state index is 12.9. The van der Waals surface area contributed by atoms with Gasteiger partial charge in [-0.05, 0) is 52.4 Å². The zero-order chi connectivity index (χ0) is 20.0. The first-order valence-electron chi connectivity index (χ1n) is 9.13. The fourth-order valence-electron chi connectivity index (χ4n) is 3.09. The maximum Gasteiger partial charge on any atom is 0.272 e. The molecule has 0 saturated heterocycles. The monoisotopic (exact) mass is 400 g/mol. The molecule has 7 nitrogen and oxygen atoms in total. The zero-order valence-electron chi connectivity index (χ0n) is 16.0. The molecule has 3 aromatic rings. The van der Waals surface area contributed by atoms with E-state index in [0.717, 1.165) is 18.4 Å². The molecule has 0 N–H and O–H groups in total. The van der Waals surface area contributed by atoms with Gasteiger partial charge in [0.05, 0.1) is 18.0 Å². The van der Waals surface area contributed by atoms with Crippen LogP contribution in [0.3, 0.4) is 0 Å². The van der Waals surface area contributed by atoms with Crippen LogP contribution in [-0.4, -0.2) is 41.5 Å². The van der Waals surface area contributed by atoms with E-state index in [1.165, 1.54) is 10.2 Å². The van der Waals surface area contributed by atoms with Gasteiger partial charge in [0.2, 0.25) is 9.84 Å². The molecule has 1 aromatic heterocycles. The van der Waals surface area contributed by atoms with Gasteiger partial charge in [-0.25, -0.2) is 8.42 Å². The Morgan fingerprint density at radius 1 is 1.07 bits per heavy atom. The molecule has 0 amide bonds. The average molecular weight is 401 g/mol. The van der Waals surface area contributed by atoms with E-state index in [1.807, 2.05) is 37.3 Å². The number of aryl methyl sites for hydroxylation is 1. The molecule has 1 unspecified atom stereocenters. The van der Waals surface area contributed by atoms with E-state index < -0.39 is 9.84 Å². The van der Waals surface area contributed by atoms with Gasteiger partial charge in [-0.2, -0.15) is 4.68 Å². The molecule has 1 atom stereocenters. The Hall–Kier alpha value is -2.58. The van der Waals surface area contributed by atoms with Gasteiger partial charge in [0.25, 0.3) is 5.16 Å². The molecule has 0 spiro atoms. The fraction of sp³-hybridized carbons (Fsp3) is 0.350. The highest BCUT2D eigenvalue weighted by molar-refractivity contribution is 7.91. The largest absolute Gasteiger partial charge is 0.380 e. The van der Waals surface area contributed by atoms with Gasteiger partial charge in [-0.1, -0.05) is 54.5 Å². The summed E-state index contributed by atoms with van der Waals surface area (Å²) in [5.41, 5.74) is 2.91. The molecule has 0 radical (unpaired) electrons. The Bertz CT molecular complexity index is 1000. The van der Waals surface area contributed by atoms with Crippen molar-refractivity contribution in [2.45, 2.75) is 31.5 Å². The molecule has 0 aliphatic rings. The van der Waals surface area contributed by atoms with E-state index in [1.54, 1.807) is 19.2 Å². The quantitative estimate of drug-likeness (QED) is 0.549. The van der Waals surface area contributed by atoms with Crippen molar-refractivity contribution < 1.29 is 13.2 Å². The summed E-state index contributed by atoms with van der Waals surface area (Å²) in [4.78, 5) is 0. The Balaban J connectivity index is 1.66. The number of aromatic nitrogens is 4. The average Bonchev–Trinajstić information content (AvgIpc) is 3.18. The van der Waals surface area contributed by atoms with Gasteiger partial charge in [0.1, 0.15) is 0 Å². The lowest BCUT2D eigenvalue weighted by atomic mass is 10.0. The number of sulfone groups is 1. The van der Waals surface area contributed by atoms with Crippen LogP contribution in [0.25, 0.3) is 5.69 Å². The number of nitrogens with zero attached hydrogens (tertiary/aromatic N) is 4. The van der Waals surface area contributed by atoms with Crippen LogP contribution in [0.2, 0.25) is 0 Å². The van der Waals surface area contributed by atoms with Crippen molar-refractivity contribution in [3.63, 3.8) is 0 Å². The molecule has 1 heterocycles. The highest BCUT2D eigenvalue weighted by atomic mass is 32.2. The third-order valence-corrected chi connectivity index (χ3v) is 6.27. The number of benzene rings is 2. The molecule has 2 aromatic carbocycles. The minimum absolute atomic E-state index is 0.00202. The highest BCUT2D eigenvalue weighted by Gasteiger charge is 2.26. The van der Waals surface area contributed by atoms with E-state index in [2.05, 4.69) is 27.7 Å². The van der Waals surface area contributed by atoms with Crippen LogP contribution in [-0.2, 0) is 27.6 Å². The van der Waals surface area contributed by atoms with E-state index in [9.17, 15) is 8.42 Å². The van der Waals surface area contributed by atoms with Crippen molar-refractivity contribution in [1.29, 1.82) is 0 Å². The normalized spacial score (nSPS) is 12.8. The number of methoxy groups -OCH3 is 1. The van der Waals surface area contributed by atoms with Crippen molar-refractivity contribution in [1.82, 2.24) is 20.2 Å². The van der Waals surface area contributed by atoms with Crippen LogP contribution in [0.4, 0.5) is 0 Å². The highest BCUT2D eigenvalue weighted by Crippen LogP contribution is 2.18. The molecule has 0 fully saturated rings. The third-order valence-electron chi connectivity index (χ3n) is 4.45. The Labute approximate surface area is 165 Å². The first-order chi connectivity index (χ1) is 13.5. The Morgan fingerprint density at radius 3 is 2.57 bits per heavy atom. The lowest BCUT2D eigenvalue weighted by molar-refractivity contribution is 0.185. The molecule has 148 valence electrons. The summed E-state index contributed by atoms with van der Waals surface area (Å²) in [6.07, 6.45) is 1.56. The first kappa shape index (κ1) is 20.2. The lowest BCUT2D eigenvalue weighted by Crippen LogP contribution is -2.19. The number of tetrazole rings is 1. The van der Waals surface area contributed by atoms with Crippen molar-refractivity contribution >= 4 is 9.84 Å². The Kier molecular flexibility index (Phi) is 6.53. The van der Waals surface area contributed by atoms with Crippen molar-refractivity contribution in [3.05, 3.63) is 65.7 Å². The summed E-state index contributed by atoms with van der Waals surface area (Å²) < 4.78 is 32.2. The van der Waals surface area contributed by atoms with Crippen LogP contribution in [0.15, 0.2) is 59.8 Å². The standard InChI is InChI=1S/C20H24N4O3S/c1-16(11-12-17-7-6-8-18(13-17)14-27-2)15-28(25,26)20-21-22-23-24(20)19-9-4-3-5-10-19/h3-10,13,16H,11-12,14-15H2,1-2H3. The maximum atomic E-state index is 12.9. The van der Waals surface area contributed by atoms with Crippen LogP contribution in [0.5, 0.6) is 0 Å². The lowest BCUT2D eigenvalue weighted by Gasteiger charge is -2.12. The van der Waals surface area contributed by atoms with Crippen LogP contribution < -0.4 is 0 Å². The minimum Gasteiger partial charge on any atom is -0.380 e. The summed E-state index contributed by atoms with van der Waals surface area (Å²) in [6.45, 7) is 2.51. The second-order valence-corrected chi connectivity index (χ2v) is 8.82. The summed E-state index contributed by atoms with van der Waals surface area (Å²) in [6, 6.07) is 17.2. The van der Waals surface area contributed by atoms with Gasteiger partial charge in [-0.3, -0.25) is 0 Å². The fourth-order valence-corrected chi connectivity index (χ4v) is 4.72. The van der Waals surface area contributed by atoms with Crippen LogP contribution in [0, 0.1) is 5.92 Å². The molecule has 0 bridgehead atoms. The molecular formula is C20H24N4O3S. The van der Waals surface area contributed by atoms with E-state index >= 15 is 0 Å². The smallest absolute Gasteiger partial charge is 0.272 e. The summed E-state index contributed by atoms with van der Waals surface area (Å²) in [5, 5.41) is 11.1. The molecule has 8 heteroatoms. The zero-order valence-corrected chi connectivity index (χ0v) is 16.8. The van der Waals surface area contributed by atoms with Gasteiger partial charge in [0, 0.05) is 7.11 Å². The summed E-state index contributed by atoms with van der Waals surface area (Å²) in [7, 11) is -1.94. The minimum atomic E-state index is -3.61. The van der Waals surface area contributed by atoms with Crippen LogP contribution >= 0.6 is 0 Å². The molecular weight excluding hydrogens is 376 g/mol. The molecule has 3 rings (SSSR count). The predicted molar refractivity (Wildman–Crippen MR) is 106 cm³/mol.